The summed E-state index contributed by atoms with van der Waals surface area (Å²) in [7, 11) is 0. The van der Waals surface area contributed by atoms with Gasteiger partial charge in [-0.2, -0.15) is 0 Å². The van der Waals surface area contributed by atoms with Crippen molar-refractivity contribution < 1.29 is 19.3 Å². The summed E-state index contributed by atoms with van der Waals surface area (Å²) in [6.45, 7) is 0. The second-order valence-corrected chi connectivity index (χ2v) is 4.62. The van der Waals surface area contributed by atoms with E-state index < -0.39 is 22.8 Å². The molecule has 2 N–H and O–H groups in total. The molecule has 0 aliphatic carbocycles. The van der Waals surface area contributed by atoms with Gasteiger partial charge in [-0.05, 0) is 33.6 Å². The number of hydrogen-bond donors (Lipinski definition) is 2. The number of hydrogen-bond acceptors (Lipinski definition) is 5. The van der Waals surface area contributed by atoms with Crippen LogP contribution in [0.5, 0.6) is 0 Å². The first-order valence-corrected chi connectivity index (χ1v) is 6.00. The number of carbonyl (C=O) groups is 3. The smallest absolute Gasteiger partial charge is 0.273 e. The largest absolute Gasteiger partial charge is 0.328 e. The van der Waals surface area contributed by atoms with Gasteiger partial charge in [-0.1, -0.05) is 6.07 Å². The maximum atomic E-state index is 11.5. The Morgan fingerprint density at radius 3 is 2.30 bits per heavy atom. The molecule has 0 unspecified atom stereocenters. The maximum absolute atomic E-state index is 11.5. The molecule has 9 heteroatoms. The van der Waals surface area contributed by atoms with Crippen LogP contribution in [-0.4, -0.2) is 22.8 Å². The van der Waals surface area contributed by atoms with Crippen LogP contribution in [0.1, 0.15) is 5.56 Å². The molecule has 1 aromatic rings. The molecule has 1 aliphatic rings. The van der Waals surface area contributed by atoms with Gasteiger partial charge in [0.1, 0.15) is 5.57 Å². The molecule has 1 saturated heterocycles. The summed E-state index contributed by atoms with van der Waals surface area (Å²) in [6.07, 6.45) is 1.16. The average molecular weight is 340 g/mol. The summed E-state index contributed by atoms with van der Waals surface area (Å²) in [4.78, 5) is 44.1. The van der Waals surface area contributed by atoms with E-state index >= 15 is 0 Å². The number of imide groups is 2. The third kappa shape index (κ3) is 2.72. The highest BCUT2D eigenvalue weighted by molar-refractivity contribution is 9.10. The first kappa shape index (κ1) is 13.9. The summed E-state index contributed by atoms with van der Waals surface area (Å²) in [5.41, 5.74) is -0.220. The van der Waals surface area contributed by atoms with Crippen molar-refractivity contribution in [3.8, 4) is 0 Å². The fourth-order valence-corrected chi connectivity index (χ4v) is 1.92. The molecule has 1 aromatic carbocycles. The zero-order chi connectivity index (χ0) is 14.9. The molecule has 1 fully saturated rings. The number of amides is 4. The van der Waals surface area contributed by atoms with Crippen LogP contribution in [-0.2, 0) is 9.59 Å². The molecule has 8 nitrogen and oxygen atoms in total. The van der Waals surface area contributed by atoms with Crippen LogP contribution in [0, 0.1) is 10.1 Å². The van der Waals surface area contributed by atoms with Crippen molar-refractivity contribution in [2.24, 2.45) is 0 Å². The number of nitrogens with one attached hydrogen (secondary N) is 2. The summed E-state index contributed by atoms with van der Waals surface area (Å²) in [5.74, 6) is -1.71. The molecule has 0 saturated carbocycles. The van der Waals surface area contributed by atoms with Crippen molar-refractivity contribution in [2.45, 2.75) is 0 Å². The Balaban J connectivity index is 2.42. The zero-order valence-corrected chi connectivity index (χ0v) is 11.3. The first-order chi connectivity index (χ1) is 9.38. The molecule has 0 atom stereocenters. The Morgan fingerprint density at radius 2 is 1.75 bits per heavy atom. The molecule has 0 bridgehead atoms. The number of barbiturate groups is 1. The lowest BCUT2D eigenvalue weighted by atomic mass is 10.1. The van der Waals surface area contributed by atoms with Gasteiger partial charge in [0.2, 0.25) is 0 Å². The van der Waals surface area contributed by atoms with Gasteiger partial charge in [0, 0.05) is 6.07 Å². The zero-order valence-electron chi connectivity index (χ0n) is 9.68. The number of benzene rings is 1. The van der Waals surface area contributed by atoms with E-state index in [1.807, 2.05) is 10.6 Å². The quantitative estimate of drug-likeness (QED) is 0.362. The van der Waals surface area contributed by atoms with Crippen molar-refractivity contribution in [1.82, 2.24) is 10.6 Å². The first-order valence-electron chi connectivity index (χ1n) is 5.21. The molecule has 0 radical (unpaired) electrons. The van der Waals surface area contributed by atoms with Gasteiger partial charge in [-0.15, -0.1) is 0 Å². The van der Waals surface area contributed by atoms with E-state index in [-0.39, 0.29) is 21.3 Å². The van der Waals surface area contributed by atoms with Crippen molar-refractivity contribution in [2.75, 3.05) is 0 Å². The van der Waals surface area contributed by atoms with Crippen LogP contribution >= 0.6 is 15.9 Å². The van der Waals surface area contributed by atoms with Crippen LogP contribution < -0.4 is 10.6 Å². The van der Waals surface area contributed by atoms with Gasteiger partial charge >= 0.3 is 6.03 Å². The van der Waals surface area contributed by atoms with E-state index in [0.29, 0.717) is 0 Å². The topological polar surface area (TPSA) is 118 Å². The fourth-order valence-electron chi connectivity index (χ4n) is 1.53. The monoisotopic (exact) mass is 339 g/mol. The predicted molar refractivity (Wildman–Crippen MR) is 70.5 cm³/mol. The van der Waals surface area contributed by atoms with Crippen molar-refractivity contribution in [3.05, 3.63) is 43.9 Å². The highest BCUT2D eigenvalue weighted by Crippen LogP contribution is 2.26. The highest BCUT2D eigenvalue weighted by Gasteiger charge is 2.27. The lowest BCUT2D eigenvalue weighted by molar-refractivity contribution is -0.385. The van der Waals surface area contributed by atoms with Gasteiger partial charge in [0.15, 0.2) is 0 Å². The number of nitro benzene ring substituents is 1. The molecule has 102 valence electrons. The van der Waals surface area contributed by atoms with Gasteiger partial charge < -0.3 is 0 Å². The van der Waals surface area contributed by atoms with E-state index in [1.54, 1.807) is 0 Å². The van der Waals surface area contributed by atoms with Crippen molar-refractivity contribution in [1.29, 1.82) is 0 Å². The van der Waals surface area contributed by atoms with Crippen molar-refractivity contribution >= 4 is 45.5 Å². The third-order valence-corrected chi connectivity index (χ3v) is 3.09. The molecule has 2 rings (SSSR count). The Morgan fingerprint density at radius 1 is 1.15 bits per heavy atom. The molecule has 4 amide bonds. The van der Waals surface area contributed by atoms with Crippen LogP contribution in [0.25, 0.3) is 6.08 Å². The summed E-state index contributed by atoms with van der Waals surface area (Å²) in [5, 5.41) is 14.6. The van der Waals surface area contributed by atoms with E-state index in [9.17, 15) is 24.5 Å². The standard InChI is InChI=1S/C11H6BrN3O5/c12-7-2-1-5(4-8(7)15(19)20)3-6-9(16)13-11(18)14-10(6)17/h1-4H,(H2,13,14,16,17,18). The number of urea groups is 1. The second kappa shape index (κ2) is 5.21. The lowest BCUT2D eigenvalue weighted by Gasteiger charge is -2.13. The molecule has 1 heterocycles. The van der Waals surface area contributed by atoms with Crippen LogP contribution in [0.3, 0.4) is 0 Å². The van der Waals surface area contributed by atoms with E-state index in [4.69, 9.17) is 0 Å². The molecule has 20 heavy (non-hydrogen) atoms. The van der Waals surface area contributed by atoms with Crippen LogP contribution in [0.4, 0.5) is 10.5 Å². The SMILES string of the molecule is O=C1NC(=O)C(=Cc2ccc(Br)c([N+](=O)[O-])c2)C(=O)N1. The molecular formula is C11H6BrN3O5. The number of nitrogens with zero attached hydrogens (tertiary/aromatic N) is 1. The second-order valence-electron chi connectivity index (χ2n) is 3.76. The van der Waals surface area contributed by atoms with E-state index in [0.717, 1.165) is 6.08 Å². The maximum Gasteiger partial charge on any atom is 0.328 e. The Labute approximate surface area is 120 Å². The Kier molecular flexibility index (Phi) is 3.61. The van der Waals surface area contributed by atoms with E-state index in [1.165, 1.54) is 18.2 Å². The third-order valence-electron chi connectivity index (χ3n) is 2.42. The van der Waals surface area contributed by atoms with Gasteiger partial charge in [-0.3, -0.25) is 30.3 Å². The minimum Gasteiger partial charge on any atom is -0.273 e. The van der Waals surface area contributed by atoms with Gasteiger partial charge in [0.25, 0.3) is 17.5 Å². The number of carbonyl (C=O) groups excluding carboxylic acids is 3. The Bertz CT molecular complexity index is 661. The lowest BCUT2D eigenvalue weighted by Crippen LogP contribution is -2.51. The van der Waals surface area contributed by atoms with Gasteiger partial charge in [-0.25, -0.2) is 4.79 Å². The average Bonchev–Trinajstić information content (AvgIpc) is 2.35. The fraction of sp³-hybridized carbons (Fsp3) is 0. The van der Waals surface area contributed by atoms with Crippen LogP contribution in [0.2, 0.25) is 0 Å². The minimum atomic E-state index is -0.904. The summed E-state index contributed by atoms with van der Waals surface area (Å²) >= 11 is 3.02. The van der Waals surface area contributed by atoms with Gasteiger partial charge in [0.05, 0.1) is 9.40 Å². The molecule has 0 aromatic heterocycles. The minimum absolute atomic E-state index is 0.202. The predicted octanol–water partition coefficient (Wildman–Crippen LogP) is 1.11. The van der Waals surface area contributed by atoms with Crippen LogP contribution in [0.15, 0.2) is 28.2 Å². The summed E-state index contributed by atoms with van der Waals surface area (Å²) in [6, 6.07) is 3.21. The molecule has 1 aliphatic heterocycles. The highest BCUT2D eigenvalue weighted by atomic mass is 79.9. The Hall–Kier alpha value is -2.55. The molecular weight excluding hydrogens is 334 g/mol. The summed E-state index contributed by atoms with van der Waals surface area (Å²) < 4.78 is 0.275. The normalized spacial score (nSPS) is 14.7. The van der Waals surface area contributed by atoms with E-state index in [2.05, 4.69) is 15.9 Å². The molecule has 0 spiro atoms. The number of rotatable bonds is 2. The van der Waals surface area contributed by atoms with Crippen molar-refractivity contribution in [3.63, 3.8) is 0 Å². The number of nitro groups is 1. The number of halogens is 1.